The summed E-state index contributed by atoms with van der Waals surface area (Å²) in [4.78, 5) is 25.7. The molecule has 0 saturated heterocycles. The third-order valence-corrected chi connectivity index (χ3v) is 6.41. The Bertz CT molecular complexity index is 1220. The molecule has 0 spiro atoms. The van der Waals surface area contributed by atoms with E-state index in [0.29, 0.717) is 5.75 Å². The van der Waals surface area contributed by atoms with E-state index < -0.39 is 35.6 Å². The molecule has 4 aromatic rings. The van der Waals surface area contributed by atoms with Crippen molar-refractivity contribution in [3.05, 3.63) is 114 Å². The molecule has 158 valence electrons. The molecule has 0 heterocycles. The Balaban J connectivity index is 1.52. The van der Waals surface area contributed by atoms with Crippen molar-refractivity contribution in [1.29, 1.82) is 0 Å². The second kappa shape index (κ2) is 8.31. The van der Waals surface area contributed by atoms with Gasteiger partial charge in [0.2, 0.25) is 0 Å². The number of carbonyl (C=O) groups excluding carboxylic acids is 1. The Morgan fingerprint density at radius 1 is 0.625 bits per heavy atom. The average Bonchev–Trinajstić information content (AvgIpc) is 2.79. The number of benzene rings is 4. The summed E-state index contributed by atoms with van der Waals surface area (Å²) < 4.78 is 5.83. The molecule has 0 amide bonds. The molecule has 1 N–H and O–H groups in total. The minimum absolute atomic E-state index is 0.402. The smallest absolute Gasteiger partial charge is 0.315 e. The van der Waals surface area contributed by atoms with Crippen molar-refractivity contribution in [1.82, 2.24) is 0 Å². The van der Waals surface area contributed by atoms with Crippen LogP contribution in [0.5, 0.6) is 5.75 Å². The summed E-state index contributed by atoms with van der Waals surface area (Å²) in [5, 5.41) is 12.1. The molecule has 1 fully saturated rings. The van der Waals surface area contributed by atoms with Crippen LogP contribution in [-0.4, -0.2) is 17.0 Å². The van der Waals surface area contributed by atoms with Crippen LogP contribution in [0, 0.1) is 11.8 Å². The van der Waals surface area contributed by atoms with Gasteiger partial charge in [-0.1, -0.05) is 91.0 Å². The number of esters is 1. The number of fused-ring (bicyclic) bond motifs is 1. The minimum atomic E-state index is -0.900. The van der Waals surface area contributed by atoms with Gasteiger partial charge in [0.05, 0.1) is 11.8 Å². The van der Waals surface area contributed by atoms with Gasteiger partial charge in [-0.15, -0.1) is 0 Å². The Labute approximate surface area is 186 Å². The summed E-state index contributed by atoms with van der Waals surface area (Å²) in [6.07, 6.45) is 0. The minimum Gasteiger partial charge on any atom is -0.481 e. The highest BCUT2D eigenvalue weighted by Gasteiger charge is 2.59. The Morgan fingerprint density at radius 3 is 1.72 bits per heavy atom. The zero-order valence-corrected chi connectivity index (χ0v) is 17.3. The lowest BCUT2D eigenvalue weighted by atomic mass is 9.52. The number of hydrogen-bond acceptors (Lipinski definition) is 3. The van der Waals surface area contributed by atoms with Crippen molar-refractivity contribution in [2.75, 3.05) is 0 Å². The largest absolute Gasteiger partial charge is 0.481 e. The topological polar surface area (TPSA) is 63.6 Å². The van der Waals surface area contributed by atoms with Crippen LogP contribution in [0.25, 0.3) is 10.8 Å². The van der Waals surface area contributed by atoms with Crippen LogP contribution in [0.4, 0.5) is 0 Å². The van der Waals surface area contributed by atoms with Crippen LogP contribution >= 0.6 is 0 Å². The molecule has 4 nitrogen and oxygen atoms in total. The lowest BCUT2D eigenvalue weighted by Gasteiger charge is -2.48. The molecule has 5 rings (SSSR count). The third kappa shape index (κ3) is 3.54. The second-order valence-electron chi connectivity index (χ2n) is 8.19. The SMILES string of the molecule is O=C(O)C1C(c2ccccc2)C(C(=O)Oc2ccc3ccccc3c2)[C@H]1c1ccccc1. The summed E-state index contributed by atoms with van der Waals surface area (Å²) >= 11 is 0. The van der Waals surface area contributed by atoms with Gasteiger partial charge in [-0.05, 0) is 34.0 Å². The fraction of sp³-hybridized carbons (Fsp3) is 0.143. The molecular weight excluding hydrogens is 400 g/mol. The van der Waals surface area contributed by atoms with Crippen molar-refractivity contribution in [2.24, 2.45) is 11.8 Å². The van der Waals surface area contributed by atoms with E-state index in [-0.39, 0.29) is 0 Å². The number of carbonyl (C=O) groups is 2. The normalized spacial score (nSPS) is 22.1. The molecule has 4 aromatic carbocycles. The highest BCUT2D eigenvalue weighted by Crippen LogP contribution is 2.58. The van der Waals surface area contributed by atoms with Crippen LogP contribution in [0.15, 0.2) is 103 Å². The zero-order chi connectivity index (χ0) is 22.1. The lowest BCUT2D eigenvalue weighted by Crippen LogP contribution is -2.52. The van der Waals surface area contributed by atoms with E-state index in [4.69, 9.17) is 4.74 Å². The van der Waals surface area contributed by atoms with E-state index in [1.54, 1.807) is 6.07 Å². The standard InChI is InChI=1S/C28H22O4/c29-27(30)25-23(19-10-3-1-4-11-19)26(24(25)20-12-5-2-6-13-20)28(31)32-22-16-15-18-9-7-8-14-21(18)17-22/h1-17,23-26H,(H,29,30)/t23-,24?,25?,26?/m0/s1. The van der Waals surface area contributed by atoms with Gasteiger partial charge in [-0.2, -0.15) is 0 Å². The van der Waals surface area contributed by atoms with Crippen molar-refractivity contribution in [3.8, 4) is 5.75 Å². The van der Waals surface area contributed by atoms with Gasteiger partial charge in [-0.25, -0.2) is 0 Å². The van der Waals surface area contributed by atoms with Gasteiger partial charge >= 0.3 is 11.9 Å². The summed E-state index contributed by atoms with van der Waals surface area (Å²) in [7, 11) is 0. The fourth-order valence-corrected chi connectivity index (χ4v) is 4.94. The Kier molecular flexibility index (Phi) is 5.20. The number of ether oxygens (including phenoxy) is 1. The van der Waals surface area contributed by atoms with E-state index in [2.05, 4.69) is 0 Å². The van der Waals surface area contributed by atoms with Gasteiger partial charge in [-0.3, -0.25) is 9.59 Å². The first-order valence-corrected chi connectivity index (χ1v) is 10.7. The first-order chi connectivity index (χ1) is 15.6. The lowest BCUT2D eigenvalue weighted by molar-refractivity contribution is -0.158. The van der Waals surface area contributed by atoms with Crippen LogP contribution in [0.1, 0.15) is 23.0 Å². The highest BCUT2D eigenvalue weighted by molar-refractivity contribution is 5.87. The quantitative estimate of drug-likeness (QED) is 0.334. The maximum atomic E-state index is 13.5. The van der Waals surface area contributed by atoms with Crippen molar-refractivity contribution >= 4 is 22.7 Å². The molecule has 0 bridgehead atoms. The molecule has 0 aliphatic heterocycles. The van der Waals surface area contributed by atoms with Gasteiger partial charge in [0.15, 0.2) is 0 Å². The zero-order valence-electron chi connectivity index (χ0n) is 17.3. The number of aliphatic carboxylic acids is 1. The van der Waals surface area contributed by atoms with E-state index in [1.807, 2.05) is 97.1 Å². The Hall–Kier alpha value is -3.92. The molecule has 0 aromatic heterocycles. The molecular formula is C28H22O4. The fourth-order valence-electron chi connectivity index (χ4n) is 4.94. The van der Waals surface area contributed by atoms with Crippen LogP contribution in [0.3, 0.4) is 0 Å². The molecule has 4 heteroatoms. The van der Waals surface area contributed by atoms with Crippen LogP contribution in [0.2, 0.25) is 0 Å². The molecule has 1 saturated carbocycles. The van der Waals surface area contributed by atoms with Crippen LogP contribution in [-0.2, 0) is 9.59 Å². The molecule has 3 unspecified atom stereocenters. The summed E-state index contributed by atoms with van der Waals surface area (Å²) in [5.41, 5.74) is 1.68. The summed E-state index contributed by atoms with van der Waals surface area (Å²) in [5.74, 6) is -3.03. The maximum Gasteiger partial charge on any atom is 0.315 e. The molecule has 4 atom stereocenters. The van der Waals surface area contributed by atoms with E-state index in [1.165, 1.54) is 0 Å². The predicted octanol–water partition coefficient (Wildman–Crippen LogP) is 5.64. The molecule has 1 aliphatic carbocycles. The molecule has 32 heavy (non-hydrogen) atoms. The second-order valence-corrected chi connectivity index (χ2v) is 8.19. The summed E-state index contributed by atoms with van der Waals surface area (Å²) in [6, 6.07) is 32.2. The third-order valence-electron chi connectivity index (χ3n) is 6.41. The van der Waals surface area contributed by atoms with Gasteiger partial charge < -0.3 is 9.84 Å². The summed E-state index contributed by atoms with van der Waals surface area (Å²) in [6.45, 7) is 0. The van der Waals surface area contributed by atoms with Crippen molar-refractivity contribution < 1.29 is 19.4 Å². The van der Waals surface area contributed by atoms with E-state index in [9.17, 15) is 14.7 Å². The molecule has 0 radical (unpaired) electrons. The first-order valence-electron chi connectivity index (χ1n) is 10.7. The van der Waals surface area contributed by atoms with E-state index >= 15 is 0 Å². The Morgan fingerprint density at radius 2 is 1.16 bits per heavy atom. The monoisotopic (exact) mass is 422 g/mol. The van der Waals surface area contributed by atoms with Crippen LogP contribution < -0.4 is 4.74 Å². The predicted molar refractivity (Wildman–Crippen MR) is 123 cm³/mol. The maximum absolute atomic E-state index is 13.5. The number of rotatable bonds is 5. The number of hydrogen-bond donors (Lipinski definition) is 1. The highest BCUT2D eigenvalue weighted by atomic mass is 16.5. The average molecular weight is 422 g/mol. The van der Waals surface area contributed by atoms with Gasteiger partial charge in [0, 0.05) is 11.8 Å². The van der Waals surface area contributed by atoms with Crippen molar-refractivity contribution in [2.45, 2.75) is 11.8 Å². The number of carboxylic acid groups (broad SMARTS) is 1. The molecule has 1 aliphatic rings. The van der Waals surface area contributed by atoms with Gasteiger partial charge in [0.25, 0.3) is 0 Å². The van der Waals surface area contributed by atoms with Gasteiger partial charge in [0.1, 0.15) is 5.75 Å². The van der Waals surface area contributed by atoms with E-state index in [0.717, 1.165) is 21.9 Å². The first kappa shape index (κ1) is 20.0. The number of carboxylic acids is 1. The van der Waals surface area contributed by atoms with Crippen molar-refractivity contribution in [3.63, 3.8) is 0 Å².